The van der Waals surface area contributed by atoms with E-state index in [0.717, 1.165) is 42.0 Å². The van der Waals surface area contributed by atoms with Crippen LogP contribution in [-0.2, 0) is 17.8 Å². The molecular formula is C28H37N2O5+. The number of amides is 1. The minimum absolute atomic E-state index is 0.0926. The monoisotopic (exact) mass is 481 g/mol. The zero-order chi connectivity index (χ0) is 25.3. The molecule has 0 radical (unpaired) electrons. The molecule has 3 aromatic rings. The number of quaternary nitrogens is 1. The summed E-state index contributed by atoms with van der Waals surface area (Å²) < 4.78 is 22.5. The Balaban J connectivity index is 0.000000431. The SMILES string of the molecule is CC(=O)N(C)C.COc1cc2c3c(c4cc(OC)c(OC)cc4c2cc1OC)C[NH+]1CCCC1C3. The van der Waals surface area contributed by atoms with E-state index in [1.165, 1.54) is 63.9 Å². The number of benzene rings is 3. The molecule has 5 rings (SSSR count). The van der Waals surface area contributed by atoms with Gasteiger partial charge < -0.3 is 28.7 Å². The molecule has 2 atom stereocenters. The average molecular weight is 482 g/mol. The van der Waals surface area contributed by atoms with Crippen molar-refractivity contribution in [1.82, 2.24) is 4.90 Å². The average Bonchev–Trinajstić information content (AvgIpc) is 3.34. The fourth-order valence-electron chi connectivity index (χ4n) is 5.40. The van der Waals surface area contributed by atoms with Crippen LogP contribution in [0.4, 0.5) is 0 Å². The quantitative estimate of drug-likeness (QED) is 0.580. The predicted octanol–water partition coefficient (Wildman–Crippen LogP) is 3.23. The minimum Gasteiger partial charge on any atom is -0.493 e. The molecule has 2 aliphatic rings. The van der Waals surface area contributed by atoms with Crippen molar-refractivity contribution >= 4 is 27.5 Å². The topological polar surface area (TPSA) is 61.7 Å². The van der Waals surface area contributed by atoms with Crippen molar-refractivity contribution in [3.63, 3.8) is 0 Å². The van der Waals surface area contributed by atoms with Gasteiger partial charge in [0.05, 0.1) is 41.0 Å². The number of nitrogens with one attached hydrogen (secondary N) is 1. The van der Waals surface area contributed by atoms with Gasteiger partial charge in [-0.25, -0.2) is 0 Å². The lowest BCUT2D eigenvalue weighted by Crippen LogP contribution is -3.13. The summed E-state index contributed by atoms with van der Waals surface area (Å²) >= 11 is 0. The summed E-state index contributed by atoms with van der Waals surface area (Å²) in [5, 5.41) is 4.88. The number of hydrogen-bond donors (Lipinski definition) is 1. The predicted molar refractivity (Wildman–Crippen MR) is 138 cm³/mol. The van der Waals surface area contributed by atoms with Crippen molar-refractivity contribution in [3.05, 3.63) is 35.4 Å². The van der Waals surface area contributed by atoms with Gasteiger partial charge in [0, 0.05) is 45.8 Å². The number of carbonyl (C=O) groups excluding carboxylic acids is 1. The molecule has 0 aromatic heterocycles. The van der Waals surface area contributed by atoms with Gasteiger partial charge in [-0.1, -0.05) is 0 Å². The van der Waals surface area contributed by atoms with Crippen LogP contribution in [0.25, 0.3) is 21.5 Å². The third-order valence-electron chi connectivity index (χ3n) is 7.46. The highest BCUT2D eigenvalue weighted by Gasteiger charge is 2.36. The standard InChI is InChI=1S/C24H27NO4.C4H9NO/c1-26-21-9-16-15-8-14-6-5-7-25(14)13-20(15)19-12-24(29-4)23(28-3)11-18(19)17(16)10-22(21)27-2;1-4(6)5(2)3/h9-12,14H,5-8,13H2,1-4H3;1-3H3/p+1. The Morgan fingerprint density at radius 2 is 1.23 bits per heavy atom. The zero-order valence-electron chi connectivity index (χ0n) is 21.9. The van der Waals surface area contributed by atoms with E-state index in [1.54, 1.807) is 47.4 Å². The fourth-order valence-corrected chi connectivity index (χ4v) is 5.40. The van der Waals surface area contributed by atoms with Crippen LogP contribution in [0.3, 0.4) is 0 Å². The second-order valence-electron chi connectivity index (χ2n) is 9.50. The van der Waals surface area contributed by atoms with E-state index < -0.39 is 0 Å². The Morgan fingerprint density at radius 1 is 0.800 bits per heavy atom. The molecule has 35 heavy (non-hydrogen) atoms. The first-order valence-electron chi connectivity index (χ1n) is 12.1. The lowest BCUT2D eigenvalue weighted by Gasteiger charge is -2.31. The van der Waals surface area contributed by atoms with E-state index >= 15 is 0 Å². The molecule has 0 saturated carbocycles. The normalized spacial score (nSPS) is 18.3. The molecule has 2 aliphatic heterocycles. The molecular weight excluding hydrogens is 444 g/mol. The number of rotatable bonds is 4. The van der Waals surface area contributed by atoms with Crippen molar-refractivity contribution in [2.24, 2.45) is 0 Å². The smallest absolute Gasteiger partial charge is 0.218 e. The largest absolute Gasteiger partial charge is 0.493 e. The second-order valence-corrected chi connectivity index (χ2v) is 9.50. The van der Waals surface area contributed by atoms with E-state index in [4.69, 9.17) is 18.9 Å². The number of hydrogen-bond acceptors (Lipinski definition) is 5. The summed E-state index contributed by atoms with van der Waals surface area (Å²) in [5.41, 5.74) is 2.89. The van der Waals surface area contributed by atoms with E-state index in [2.05, 4.69) is 24.3 Å². The molecule has 1 saturated heterocycles. The van der Waals surface area contributed by atoms with Gasteiger partial charge in [0.25, 0.3) is 0 Å². The number of methoxy groups -OCH3 is 4. The molecule has 0 spiro atoms. The van der Waals surface area contributed by atoms with Crippen LogP contribution in [-0.4, -0.2) is 65.9 Å². The number of nitrogens with zero attached hydrogens (tertiary/aromatic N) is 1. The molecule has 2 unspecified atom stereocenters. The third-order valence-corrected chi connectivity index (χ3v) is 7.46. The molecule has 1 amide bonds. The van der Waals surface area contributed by atoms with E-state index in [9.17, 15) is 4.79 Å². The molecule has 2 heterocycles. The van der Waals surface area contributed by atoms with E-state index in [-0.39, 0.29) is 5.91 Å². The van der Waals surface area contributed by atoms with E-state index in [1.807, 2.05) is 0 Å². The highest BCUT2D eigenvalue weighted by atomic mass is 16.5. The van der Waals surface area contributed by atoms with Crippen molar-refractivity contribution in [3.8, 4) is 23.0 Å². The summed E-state index contributed by atoms with van der Waals surface area (Å²) in [4.78, 5) is 13.3. The molecule has 7 heteroatoms. The highest BCUT2D eigenvalue weighted by Crippen LogP contribution is 2.44. The number of fused-ring (bicyclic) bond motifs is 7. The van der Waals surface area contributed by atoms with Gasteiger partial charge in [0.2, 0.25) is 5.91 Å². The van der Waals surface area contributed by atoms with Crippen LogP contribution in [0.5, 0.6) is 23.0 Å². The number of ether oxygens (including phenoxy) is 4. The van der Waals surface area contributed by atoms with Crippen molar-refractivity contribution in [2.75, 3.05) is 49.1 Å². The summed E-state index contributed by atoms with van der Waals surface area (Å²) in [6, 6.07) is 9.24. The van der Waals surface area contributed by atoms with Crippen molar-refractivity contribution < 1.29 is 28.6 Å². The molecule has 3 aromatic carbocycles. The molecule has 188 valence electrons. The Hall–Kier alpha value is -3.19. The Bertz CT molecular complexity index is 1170. The Kier molecular flexibility index (Phi) is 7.26. The van der Waals surface area contributed by atoms with Crippen LogP contribution in [0.2, 0.25) is 0 Å². The van der Waals surface area contributed by atoms with Gasteiger partial charge in [-0.05, 0) is 51.4 Å². The molecule has 1 N–H and O–H groups in total. The maximum Gasteiger partial charge on any atom is 0.218 e. The lowest BCUT2D eigenvalue weighted by atomic mass is 9.85. The third kappa shape index (κ3) is 4.57. The summed E-state index contributed by atoms with van der Waals surface area (Å²) in [7, 11) is 10.2. The van der Waals surface area contributed by atoms with Gasteiger partial charge in [0.15, 0.2) is 23.0 Å². The van der Waals surface area contributed by atoms with Gasteiger partial charge in [0.1, 0.15) is 6.54 Å². The Morgan fingerprint density at radius 3 is 1.66 bits per heavy atom. The van der Waals surface area contributed by atoms with Crippen LogP contribution < -0.4 is 23.8 Å². The van der Waals surface area contributed by atoms with E-state index in [0.29, 0.717) is 0 Å². The molecule has 0 aliphatic carbocycles. The molecule has 1 fully saturated rings. The summed E-state index contributed by atoms with van der Waals surface area (Å²) in [6.07, 6.45) is 3.74. The number of carbonyl (C=O) groups is 1. The maximum atomic E-state index is 10.1. The van der Waals surface area contributed by atoms with Gasteiger partial charge >= 0.3 is 0 Å². The van der Waals surface area contributed by atoms with Gasteiger partial charge in [-0.2, -0.15) is 0 Å². The van der Waals surface area contributed by atoms with Crippen molar-refractivity contribution in [1.29, 1.82) is 0 Å². The first-order chi connectivity index (χ1) is 16.8. The molecule has 7 nitrogen and oxygen atoms in total. The molecule has 0 bridgehead atoms. The van der Waals surface area contributed by atoms with Crippen LogP contribution in [0.1, 0.15) is 30.9 Å². The van der Waals surface area contributed by atoms with Crippen LogP contribution >= 0.6 is 0 Å². The van der Waals surface area contributed by atoms with Crippen LogP contribution in [0, 0.1) is 0 Å². The lowest BCUT2D eigenvalue weighted by molar-refractivity contribution is -0.927. The van der Waals surface area contributed by atoms with Gasteiger partial charge in [-0.3, -0.25) is 4.79 Å². The van der Waals surface area contributed by atoms with Gasteiger partial charge in [-0.15, -0.1) is 0 Å². The maximum absolute atomic E-state index is 10.1. The zero-order valence-corrected chi connectivity index (χ0v) is 21.9. The Labute approximate surface area is 207 Å². The second kappa shape index (κ2) is 10.2. The highest BCUT2D eigenvalue weighted by molar-refractivity contribution is 6.12. The summed E-state index contributed by atoms with van der Waals surface area (Å²) in [6.45, 7) is 3.86. The van der Waals surface area contributed by atoms with Crippen LogP contribution in [0.15, 0.2) is 24.3 Å². The fraction of sp³-hybridized carbons (Fsp3) is 0.464. The first-order valence-corrected chi connectivity index (χ1v) is 12.1. The summed E-state index contributed by atoms with van der Waals surface area (Å²) in [5.74, 6) is 3.15. The first kappa shape index (κ1) is 24.9. The minimum atomic E-state index is 0.0926. The van der Waals surface area contributed by atoms with Crippen molar-refractivity contribution in [2.45, 2.75) is 38.8 Å².